The number of hydrogen-bond acceptors (Lipinski definition) is 2. The van der Waals surface area contributed by atoms with Crippen LogP contribution in [0.2, 0.25) is 0 Å². The summed E-state index contributed by atoms with van der Waals surface area (Å²) in [5, 5.41) is 3.80. The van der Waals surface area contributed by atoms with Crippen molar-refractivity contribution in [1.29, 1.82) is 0 Å². The number of alkyl halides is 1. The molecule has 5 heteroatoms. The highest BCUT2D eigenvalue weighted by atomic mass is 79.9. The van der Waals surface area contributed by atoms with Crippen molar-refractivity contribution in [2.75, 3.05) is 5.33 Å². The fourth-order valence-electron chi connectivity index (χ4n) is 1.22. The van der Waals surface area contributed by atoms with E-state index in [1.165, 1.54) is 0 Å². The fourth-order valence-corrected chi connectivity index (χ4v) is 2.64. The van der Waals surface area contributed by atoms with Gasteiger partial charge in [0.2, 0.25) is 0 Å². The molecule has 16 heavy (non-hydrogen) atoms. The summed E-state index contributed by atoms with van der Waals surface area (Å²) in [6.07, 6.45) is 2.47. The Kier molecular flexibility index (Phi) is 4.92. The monoisotopic (exact) mass is 348 g/mol. The average molecular weight is 350 g/mol. The molecule has 0 atom stereocenters. The number of amides is 1. The molecule has 0 radical (unpaired) electrons. The van der Waals surface area contributed by atoms with Gasteiger partial charge in [0.1, 0.15) is 5.69 Å². The third-order valence-corrected chi connectivity index (χ3v) is 3.18. The van der Waals surface area contributed by atoms with Gasteiger partial charge in [0.05, 0.1) is 0 Å². The molecule has 1 rings (SSSR count). The minimum absolute atomic E-state index is 0.154. The van der Waals surface area contributed by atoms with Crippen molar-refractivity contribution in [2.45, 2.75) is 25.8 Å². The minimum Gasteiger partial charge on any atom is -0.346 e. The minimum atomic E-state index is -0.239. The number of nitrogens with zero attached hydrogens (tertiary/aromatic N) is 1. The second-order valence-corrected chi connectivity index (χ2v) is 5.76. The quantitative estimate of drug-likeness (QED) is 0.848. The van der Waals surface area contributed by atoms with E-state index in [4.69, 9.17) is 0 Å². The molecule has 0 aliphatic rings. The smallest absolute Gasteiger partial charge is 0.271 e. The van der Waals surface area contributed by atoms with E-state index < -0.39 is 0 Å². The molecular weight excluding hydrogens is 336 g/mol. The Morgan fingerprint density at radius 1 is 1.56 bits per heavy atom. The van der Waals surface area contributed by atoms with Gasteiger partial charge in [-0.1, -0.05) is 15.9 Å². The second-order valence-electron chi connectivity index (χ2n) is 4.11. The van der Waals surface area contributed by atoms with E-state index in [1.807, 2.05) is 13.8 Å². The first-order valence-corrected chi connectivity index (χ1v) is 6.87. The standard InChI is InChI=1S/C11H14Br2N2O/c1-11(2,5-6-12)15-10(16)9-8(13)4-3-7-14-9/h3-4,7H,5-6H2,1-2H3,(H,15,16). The Hall–Kier alpha value is -0.420. The Bertz CT molecular complexity index is 380. The average Bonchev–Trinajstić information content (AvgIpc) is 2.17. The maximum absolute atomic E-state index is 11.9. The highest BCUT2D eigenvalue weighted by Crippen LogP contribution is 2.16. The van der Waals surface area contributed by atoms with Crippen LogP contribution in [0.3, 0.4) is 0 Å². The zero-order valence-corrected chi connectivity index (χ0v) is 12.4. The van der Waals surface area contributed by atoms with Gasteiger partial charge in [0, 0.05) is 21.5 Å². The number of rotatable bonds is 4. The summed E-state index contributed by atoms with van der Waals surface area (Å²) in [5.74, 6) is -0.154. The van der Waals surface area contributed by atoms with Crippen LogP contribution >= 0.6 is 31.9 Å². The van der Waals surface area contributed by atoms with E-state index in [1.54, 1.807) is 18.3 Å². The molecule has 1 N–H and O–H groups in total. The highest BCUT2D eigenvalue weighted by Gasteiger charge is 2.22. The Morgan fingerprint density at radius 2 is 2.25 bits per heavy atom. The van der Waals surface area contributed by atoms with Crippen molar-refractivity contribution >= 4 is 37.8 Å². The molecule has 0 spiro atoms. The molecule has 1 aromatic heterocycles. The van der Waals surface area contributed by atoms with Gasteiger partial charge in [-0.05, 0) is 48.3 Å². The van der Waals surface area contributed by atoms with Crippen LogP contribution in [0.15, 0.2) is 22.8 Å². The van der Waals surface area contributed by atoms with Gasteiger partial charge in [-0.2, -0.15) is 0 Å². The summed E-state index contributed by atoms with van der Waals surface area (Å²) in [4.78, 5) is 16.0. The molecule has 0 unspecified atom stereocenters. The van der Waals surface area contributed by atoms with Gasteiger partial charge < -0.3 is 5.32 Å². The molecule has 0 bridgehead atoms. The molecule has 0 fully saturated rings. The molecule has 88 valence electrons. The molecule has 3 nitrogen and oxygen atoms in total. The van der Waals surface area contributed by atoms with Crippen LogP contribution in [-0.2, 0) is 0 Å². The molecule has 0 aromatic carbocycles. The lowest BCUT2D eigenvalue weighted by Crippen LogP contribution is -2.44. The number of hydrogen-bond donors (Lipinski definition) is 1. The maximum atomic E-state index is 11.9. The van der Waals surface area contributed by atoms with Crippen LogP contribution < -0.4 is 5.32 Å². The molecule has 0 saturated carbocycles. The van der Waals surface area contributed by atoms with Crippen molar-refractivity contribution in [3.05, 3.63) is 28.5 Å². The molecule has 0 saturated heterocycles. The van der Waals surface area contributed by atoms with Gasteiger partial charge in [0.15, 0.2) is 0 Å². The van der Waals surface area contributed by atoms with Crippen molar-refractivity contribution in [3.8, 4) is 0 Å². The normalized spacial score (nSPS) is 11.2. The van der Waals surface area contributed by atoms with E-state index >= 15 is 0 Å². The van der Waals surface area contributed by atoms with Gasteiger partial charge in [-0.3, -0.25) is 4.79 Å². The number of nitrogens with one attached hydrogen (secondary N) is 1. The van der Waals surface area contributed by atoms with Crippen LogP contribution in [0.5, 0.6) is 0 Å². The number of aromatic nitrogens is 1. The summed E-state index contributed by atoms with van der Waals surface area (Å²) in [6.45, 7) is 3.98. The van der Waals surface area contributed by atoms with Crippen molar-refractivity contribution in [2.24, 2.45) is 0 Å². The second kappa shape index (κ2) is 5.77. The topological polar surface area (TPSA) is 42.0 Å². The largest absolute Gasteiger partial charge is 0.346 e. The first kappa shape index (κ1) is 13.6. The van der Waals surface area contributed by atoms with Crippen LogP contribution in [0.1, 0.15) is 30.8 Å². The SMILES string of the molecule is CC(C)(CCBr)NC(=O)c1ncccc1Br. The van der Waals surface area contributed by atoms with Crippen LogP contribution in [0.4, 0.5) is 0 Å². The van der Waals surface area contributed by atoms with E-state index in [0.29, 0.717) is 10.2 Å². The molecule has 1 aromatic rings. The zero-order chi connectivity index (χ0) is 12.2. The van der Waals surface area contributed by atoms with Crippen LogP contribution in [-0.4, -0.2) is 21.8 Å². The lowest BCUT2D eigenvalue weighted by atomic mass is 10.0. The Balaban J connectivity index is 2.77. The van der Waals surface area contributed by atoms with Crippen molar-refractivity contribution < 1.29 is 4.79 Å². The predicted molar refractivity (Wildman–Crippen MR) is 71.9 cm³/mol. The lowest BCUT2D eigenvalue weighted by molar-refractivity contribution is 0.0906. The van der Waals surface area contributed by atoms with Crippen molar-refractivity contribution in [1.82, 2.24) is 10.3 Å². The van der Waals surface area contributed by atoms with E-state index in [9.17, 15) is 4.79 Å². The Labute approximate surface area is 112 Å². The van der Waals surface area contributed by atoms with E-state index in [0.717, 1.165) is 11.8 Å². The number of carbonyl (C=O) groups is 1. The van der Waals surface area contributed by atoms with E-state index in [2.05, 4.69) is 42.2 Å². The third-order valence-electron chi connectivity index (χ3n) is 2.14. The number of halogens is 2. The molecule has 0 aliphatic carbocycles. The van der Waals surface area contributed by atoms with Crippen molar-refractivity contribution in [3.63, 3.8) is 0 Å². The molecule has 1 amide bonds. The van der Waals surface area contributed by atoms with E-state index in [-0.39, 0.29) is 11.4 Å². The predicted octanol–water partition coefficient (Wildman–Crippen LogP) is 3.14. The molecular formula is C11H14Br2N2O. The summed E-state index contributed by atoms with van der Waals surface area (Å²) < 4.78 is 0.710. The van der Waals surface area contributed by atoms with Gasteiger partial charge in [-0.25, -0.2) is 4.98 Å². The summed E-state index contributed by atoms with van der Waals surface area (Å²) in [7, 11) is 0. The summed E-state index contributed by atoms with van der Waals surface area (Å²) in [6, 6.07) is 3.59. The first-order chi connectivity index (χ1) is 7.46. The van der Waals surface area contributed by atoms with Gasteiger partial charge in [0.25, 0.3) is 5.91 Å². The van der Waals surface area contributed by atoms with Crippen LogP contribution in [0, 0.1) is 0 Å². The highest BCUT2D eigenvalue weighted by molar-refractivity contribution is 9.10. The van der Waals surface area contributed by atoms with Gasteiger partial charge >= 0.3 is 0 Å². The third kappa shape index (κ3) is 3.87. The first-order valence-electron chi connectivity index (χ1n) is 4.95. The Morgan fingerprint density at radius 3 is 2.81 bits per heavy atom. The molecule has 1 heterocycles. The van der Waals surface area contributed by atoms with Crippen LogP contribution in [0.25, 0.3) is 0 Å². The number of pyridine rings is 1. The molecule has 0 aliphatic heterocycles. The number of carbonyl (C=O) groups excluding carboxylic acids is 1. The fraction of sp³-hybridized carbons (Fsp3) is 0.455. The summed E-state index contributed by atoms with van der Waals surface area (Å²) >= 11 is 6.68. The lowest BCUT2D eigenvalue weighted by Gasteiger charge is -2.25. The zero-order valence-electron chi connectivity index (χ0n) is 9.26. The van der Waals surface area contributed by atoms with Gasteiger partial charge in [-0.15, -0.1) is 0 Å². The summed E-state index contributed by atoms with van der Waals surface area (Å²) in [5.41, 5.74) is 0.183. The maximum Gasteiger partial charge on any atom is 0.271 e.